The number of imidazole rings is 1. The average Bonchev–Trinajstić information content (AvgIpc) is 3.38. The molecule has 2 saturated heterocycles. The second-order valence-electron chi connectivity index (χ2n) is 6.51. The largest absolute Gasteiger partial charge is 0.348 e. The third kappa shape index (κ3) is 2.49. The van der Waals surface area contributed by atoms with E-state index in [0.717, 1.165) is 56.8 Å². The van der Waals surface area contributed by atoms with Crippen LogP contribution in [0.5, 0.6) is 0 Å². The molecule has 4 heterocycles. The fourth-order valence-electron chi connectivity index (χ4n) is 3.99. The Hall–Kier alpha value is -2.28. The molecule has 126 valence electrons. The molecule has 0 aliphatic carbocycles. The minimum absolute atomic E-state index is 0.171. The van der Waals surface area contributed by atoms with Crippen LogP contribution >= 0.6 is 0 Å². The minimum atomic E-state index is -0.717. The van der Waals surface area contributed by atoms with E-state index in [9.17, 15) is 4.79 Å². The van der Waals surface area contributed by atoms with Crippen molar-refractivity contribution in [1.82, 2.24) is 29.7 Å². The Kier molecular flexibility index (Phi) is 4.02. The zero-order chi connectivity index (χ0) is 16.4. The van der Waals surface area contributed by atoms with Crippen LogP contribution in [0, 0.1) is 0 Å². The van der Waals surface area contributed by atoms with E-state index in [4.69, 9.17) is 0 Å². The summed E-state index contributed by atoms with van der Waals surface area (Å²) in [6.45, 7) is 3.16. The molecule has 2 aliphatic rings. The van der Waals surface area contributed by atoms with Gasteiger partial charge in [-0.2, -0.15) is 0 Å². The van der Waals surface area contributed by atoms with Gasteiger partial charge >= 0.3 is 0 Å². The van der Waals surface area contributed by atoms with Crippen molar-refractivity contribution in [2.24, 2.45) is 0 Å². The second kappa shape index (κ2) is 6.32. The summed E-state index contributed by atoms with van der Waals surface area (Å²) in [6.07, 6.45) is 12.6. The molecule has 2 aliphatic heterocycles. The van der Waals surface area contributed by atoms with Crippen LogP contribution in [0.25, 0.3) is 0 Å². The zero-order valence-corrected chi connectivity index (χ0v) is 13.7. The van der Waals surface area contributed by atoms with Gasteiger partial charge in [0.25, 0.3) is 0 Å². The molecule has 4 rings (SSSR count). The summed E-state index contributed by atoms with van der Waals surface area (Å²) in [7, 11) is 0. The normalized spacial score (nSPS) is 24.6. The summed E-state index contributed by atoms with van der Waals surface area (Å²) >= 11 is 0. The van der Waals surface area contributed by atoms with Gasteiger partial charge in [0.2, 0.25) is 5.91 Å². The van der Waals surface area contributed by atoms with Crippen molar-refractivity contribution in [1.29, 1.82) is 0 Å². The van der Waals surface area contributed by atoms with Crippen molar-refractivity contribution in [3.05, 3.63) is 42.5 Å². The maximum absolute atomic E-state index is 13.5. The average molecular weight is 326 g/mol. The molecule has 7 nitrogen and oxygen atoms in total. The number of likely N-dealkylation sites (tertiary alicyclic amines) is 2. The lowest BCUT2D eigenvalue weighted by Crippen LogP contribution is -2.54. The van der Waals surface area contributed by atoms with E-state index in [1.54, 1.807) is 24.8 Å². The predicted octanol–water partition coefficient (Wildman–Crippen LogP) is 1.31. The summed E-state index contributed by atoms with van der Waals surface area (Å²) in [4.78, 5) is 33.9. The van der Waals surface area contributed by atoms with Crippen LogP contribution < -0.4 is 0 Å². The molecule has 2 aromatic rings. The third-order valence-corrected chi connectivity index (χ3v) is 5.14. The maximum atomic E-state index is 13.5. The number of rotatable bonds is 4. The van der Waals surface area contributed by atoms with E-state index in [0.29, 0.717) is 6.54 Å². The van der Waals surface area contributed by atoms with Crippen molar-refractivity contribution in [2.45, 2.75) is 37.8 Å². The Labute approximate surface area is 141 Å². The van der Waals surface area contributed by atoms with Gasteiger partial charge in [-0.1, -0.05) is 0 Å². The highest BCUT2D eigenvalue weighted by Crippen LogP contribution is 2.40. The Morgan fingerprint density at radius 1 is 1.12 bits per heavy atom. The van der Waals surface area contributed by atoms with Crippen molar-refractivity contribution in [3.63, 3.8) is 0 Å². The Balaban J connectivity index is 1.73. The zero-order valence-electron chi connectivity index (χ0n) is 13.7. The first-order valence-corrected chi connectivity index (χ1v) is 8.60. The molecular weight excluding hydrogens is 304 g/mol. The predicted molar refractivity (Wildman–Crippen MR) is 87.8 cm³/mol. The number of aromatic nitrogens is 4. The maximum Gasteiger partial charge on any atom is 0.249 e. The van der Waals surface area contributed by atoms with Crippen LogP contribution in [-0.2, 0) is 16.9 Å². The number of carbonyl (C=O) groups excluding carboxylic acids is 1. The Morgan fingerprint density at radius 3 is 2.71 bits per heavy atom. The number of aromatic amines is 1. The monoisotopic (exact) mass is 326 g/mol. The number of H-pyrrole nitrogens is 1. The van der Waals surface area contributed by atoms with Crippen LogP contribution in [0.15, 0.2) is 31.0 Å². The topological polar surface area (TPSA) is 78.0 Å². The molecule has 7 heteroatoms. The number of carbonyl (C=O) groups is 1. The molecular formula is C17H22N6O. The van der Waals surface area contributed by atoms with E-state index in [2.05, 4.69) is 24.8 Å². The van der Waals surface area contributed by atoms with Gasteiger partial charge in [-0.3, -0.25) is 19.7 Å². The molecule has 0 radical (unpaired) electrons. The van der Waals surface area contributed by atoms with Crippen molar-refractivity contribution >= 4 is 5.91 Å². The summed E-state index contributed by atoms with van der Waals surface area (Å²) in [5.41, 5.74) is 0.0386. The first-order valence-electron chi connectivity index (χ1n) is 8.60. The standard InChI is InChI=1S/C17H22N6O/c24-16(22-9-1-2-10-22)17(14-12-18-5-6-19-14)4-3-11-23(17)13-15-20-7-8-21-15/h5-8,12H,1-4,9-11,13H2,(H,20,21)/t17-/m0/s1. The van der Waals surface area contributed by atoms with E-state index in [1.807, 2.05) is 11.1 Å². The molecule has 0 aromatic carbocycles. The lowest BCUT2D eigenvalue weighted by Gasteiger charge is -2.38. The first kappa shape index (κ1) is 15.3. The SMILES string of the molecule is O=C(N1CCCC1)[C@@]1(c2cnccn2)CCCN1Cc1ncc[nH]1. The number of hydrogen-bond donors (Lipinski definition) is 1. The molecule has 0 bridgehead atoms. The van der Waals surface area contributed by atoms with Crippen molar-refractivity contribution < 1.29 is 4.79 Å². The van der Waals surface area contributed by atoms with Crippen LogP contribution in [0.1, 0.15) is 37.2 Å². The van der Waals surface area contributed by atoms with Crippen LogP contribution in [0.2, 0.25) is 0 Å². The Morgan fingerprint density at radius 2 is 2.00 bits per heavy atom. The number of nitrogens with zero attached hydrogens (tertiary/aromatic N) is 5. The third-order valence-electron chi connectivity index (χ3n) is 5.14. The van der Waals surface area contributed by atoms with Crippen molar-refractivity contribution in [2.75, 3.05) is 19.6 Å². The summed E-state index contributed by atoms with van der Waals surface area (Å²) in [6, 6.07) is 0. The molecule has 24 heavy (non-hydrogen) atoms. The summed E-state index contributed by atoms with van der Waals surface area (Å²) in [5.74, 6) is 1.05. The molecule has 0 unspecified atom stereocenters. The van der Waals surface area contributed by atoms with Gasteiger partial charge in [-0.15, -0.1) is 0 Å². The first-order chi connectivity index (χ1) is 11.8. The number of hydrogen-bond acceptors (Lipinski definition) is 5. The fourth-order valence-corrected chi connectivity index (χ4v) is 3.99. The molecule has 1 atom stereocenters. The van der Waals surface area contributed by atoms with Gasteiger partial charge in [-0.05, 0) is 25.7 Å². The quantitative estimate of drug-likeness (QED) is 0.917. The molecule has 1 N–H and O–H groups in total. The smallest absolute Gasteiger partial charge is 0.249 e. The van der Waals surface area contributed by atoms with E-state index in [1.165, 1.54) is 0 Å². The number of amides is 1. The van der Waals surface area contributed by atoms with Gasteiger partial charge in [0.05, 0.1) is 18.4 Å². The molecule has 0 spiro atoms. The molecule has 1 amide bonds. The van der Waals surface area contributed by atoms with Crippen molar-refractivity contribution in [3.8, 4) is 0 Å². The van der Waals surface area contributed by atoms with Crippen LogP contribution in [0.4, 0.5) is 0 Å². The minimum Gasteiger partial charge on any atom is -0.348 e. The lowest BCUT2D eigenvalue weighted by molar-refractivity contribution is -0.143. The molecule has 2 aromatic heterocycles. The highest BCUT2D eigenvalue weighted by molar-refractivity contribution is 5.87. The van der Waals surface area contributed by atoms with Gasteiger partial charge in [-0.25, -0.2) is 4.98 Å². The highest BCUT2D eigenvalue weighted by atomic mass is 16.2. The van der Waals surface area contributed by atoms with Crippen LogP contribution in [0.3, 0.4) is 0 Å². The van der Waals surface area contributed by atoms with E-state index in [-0.39, 0.29) is 5.91 Å². The Bertz CT molecular complexity index is 682. The van der Waals surface area contributed by atoms with Gasteiger partial charge in [0.15, 0.2) is 0 Å². The van der Waals surface area contributed by atoms with E-state index < -0.39 is 5.54 Å². The fraction of sp³-hybridized carbons (Fsp3) is 0.529. The van der Waals surface area contributed by atoms with Gasteiger partial charge in [0.1, 0.15) is 11.4 Å². The summed E-state index contributed by atoms with van der Waals surface area (Å²) in [5, 5.41) is 0. The molecule has 0 saturated carbocycles. The van der Waals surface area contributed by atoms with Crippen LogP contribution in [-0.4, -0.2) is 55.3 Å². The second-order valence-corrected chi connectivity index (χ2v) is 6.51. The highest BCUT2D eigenvalue weighted by Gasteiger charge is 2.52. The van der Waals surface area contributed by atoms with Gasteiger partial charge < -0.3 is 9.88 Å². The number of nitrogens with one attached hydrogen (secondary N) is 1. The van der Waals surface area contributed by atoms with E-state index >= 15 is 0 Å². The summed E-state index contributed by atoms with van der Waals surface area (Å²) < 4.78 is 0. The molecule has 2 fully saturated rings. The lowest BCUT2D eigenvalue weighted by atomic mass is 9.90. The van der Waals surface area contributed by atoms with Gasteiger partial charge in [0, 0.05) is 44.4 Å².